The Hall–Kier alpha value is -0.820. The van der Waals surface area contributed by atoms with E-state index in [0.29, 0.717) is 23.7 Å². The fourth-order valence-corrected chi connectivity index (χ4v) is 2.57. The molecule has 22 heavy (non-hydrogen) atoms. The molecule has 1 fully saturated rings. The van der Waals surface area contributed by atoms with Gasteiger partial charge in [-0.15, -0.1) is 12.4 Å². The van der Waals surface area contributed by atoms with Gasteiger partial charge in [0.05, 0.1) is 11.6 Å². The molecule has 1 N–H and O–H groups in total. The molecule has 0 bridgehead atoms. The lowest BCUT2D eigenvalue weighted by atomic mass is 10.2. The van der Waals surface area contributed by atoms with Crippen LogP contribution in [0, 0.1) is 0 Å². The molecule has 1 aromatic carbocycles. The third kappa shape index (κ3) is 4.84. The Labute approximate surface area is 149 Å². The highest BCUT2D eigenvalue weighted by Gasteiger charge is 2.21. The summed E-state index contributed by atoms with van der Waals surface area (Å²) in [7, 11) is 1.62. The summed E-state index contributed by atoms with van der Waals surface area (Å²) in [6, 6.07) is 5.01. The Morgan fingerprint density at radius 3 is 2.59 bits per heavy atom. The number of nitrogens with zero attached hydrogens (tertiary/aromatic N) is 2. The highest BCUT2D eigenvalue weighted by molar-refractivity contribution is 9.10. The summed E-state index contributed by atoms with van der Waals surface area (Å²) in [5.74, 6) is -0.247. The number of nitrogens with one attached hydrogen (secondary N) is 1. The summed E-state index contributed by atoms with van der Waals surface area (Å²) in [6.07, 6.45) is 0. The first kappa shape index (κ1) is 19.2. The molecule has 122 valence electrons. The van der Waals surface area contributed by atoms with Crippen molar-refractivity contribution < 1.29 is 9.59 Å². The molecule has 1 saturated heterocycles. The number of benzene rings is 1. The molecule has 1 aliphatic rings. The zero-order chi connectivity index (χ0) is 15.4. The number of hydrogen-bond donors (Lipinski definition) is 1. The van der Waals surface area contributed by atoms with Crippen LogP contribution in [0.15, 0.2) is 22.7 Å². The van der Waals surface area contributed by atoms with Crippen LogP contribution in [0.2, 0.25) is 5.02 Å². The summed E-state index contributed by atoms with van der Waals surface area (Å²) < 4.78 is 0.736. The number of rotatable bonds is 3. The molecule has 1 aliphatic heterocycles. The van der Waals surface area contributed by atoms with Gasteiger partial charge in [0.15, 0.2) is 0 Å². The first-order valence-electron chi connectivity index (χ1n) is 6.68. The minimum Gasteiger partial charge on any atom is -0.339 e. The lowest BCUT2D eigenvalue weighted by molar-refractivity contribution is -0.132. The van der Waals surface area contributed by atoms with Crippen molar-refractivity contribution in [2.45, 2.75) is 0 Å². The molecule has 8 heteroatoms. The number of amides is 2. The van der Waals surface area contributed by atoms with Gasteiger partial charge >= 0.3 is 0 Å². The third-order valence-electron chi connectivity index (χ3n) is 3.36. The van der Waals surface area contributed by atoms with E-state index < -0.39 is 0 Å². The van der Waals surface area contributed by atoms with Gasteiger partial charge in [-0.3, -0.25) is 9.59 Å². The average molecular weight is 411 g/mol. The normalized spacial score (nSPS) is 14.2. The summed E-state index contributed by atoms with van der Waals surface area (Å²) in [5.41, 5.74) is 0.471. The number of halogens is 3. The predicted octanol–water partition coefficient (Wildman–Crippen LogP) is 2.03. The smallest absolute Gasteiger partial charge is 0.254 e. The monoisotopic (exact) mass is 409 g/mol. The van der Waals surface area contributed by atoms with E-state index in [-0.39, 0.29) is 30.8 Å². The van der Waals surface area contributed by atoms with Gasteiger partial charge in [0.25, 0.3) is 5.91 Å². The number of carbonyl (C=O) groups is 2. The number of likely N-dealkylation sites (N-methyl/N-ethyl adjacent to an activating group) is 1. The molecule has 0 aromatic heterocycles. The maximum absolute atomic E-state index is 12.3. The fourth-order valence-electron chi connectivity index (χ4n) is 2.14. The highest BCUT2D eigenvalue weighted by Crippen LogP contribution is 2.23. The standard InChI is InChI=1S/C14H17BrClN3O2.ClH/c1-18(9-13(20)19-6-4-17-5-7-19)14(21)10-2-3-11(15)12(16)8-10;/h2-3,8,17H,4-7,9H2,1H3;1H. The van der Waals surface area contributed by atoms with Gasteiger partial charge in [-0.2, -0.15) is 0 Å². The molecule has 0 atom stereocenters. The zero-order valence-electron chi connectivity index (χ0n) is 12.1. The molecule has 1 aromatic rings. The first-order valence-corrected chi connectivity index (χ1v) is 7.85. The minimum absolute atomic E-state index is 0. The van der Waals surface area contributed by atoms with E-state index in [1.807, 2.05) is 0 Å². The Morgan fingerprint density at radius 2 is 2.00 bits per heavy atom. The summed E-state index contributed by atoms with van der Waals surface area (Å²) in [4.78, 5) is 27.6. The largest absolute Gasteiger partial charge is 0.339 e. The fraction of sp³-hybridized carbons (Fsp3) is 0.429. The summed E-state index contributed by atoms with van der Waals surface area (Å²) in [5, 5.41) is 3.66. The average Bonchev–Trinajstić information content (AvgIpc) is 2.50. The first-order chi connectivity index (χ1) is 9.99. The van der Waals surface area contributed by atoms with Crippen molar-refractivity contribution >= 4 is 51.8 Å². The Bertz CT molecular complexity index is 551. The second-order valence-electron chi connectivity index (χ2n) is 4.92. The van der Waals surface area contributed by atoms with Crippen molar-refractivity contribution in [1.29, 1.82) is 0 Å². The van der Waals surface area contributed by atoms with E-state index in [2.05, 4.69) is 21.2 Å². The van der Waals surface area contributed by atoms with Crippen LogP contribution in [0.3, 0.4) is 0 Å². The summed E-state index contributed by atoms with van der Waals surface area (Å²) >= 11 is 9.27. The number of piperazine rings is 1. The van der Waals surface area contributed by atoms with Crippen LogP contribution in [0.4, 0.5) is 0 Å². The van der Waals surface area contributed by atoms with Crippen LogP contribution in [-0.4, -0.2) is 61.4 Å². The topological polar surface area (TPSA) is 52.7 Å². The van der Waals surface area contributed by atoms with Crippen LogP contribution in [-0.2, 0) is 4.79 Å². The summed E-state index contributed by atoms with van der Waals surface area (Å²) in [6.45, 7) is 3.04. The Balaban J connectivity index is 0.00000242. The van der Waals surface area contributed by atoms with Gasteiger partial charge in [-0.25, -0.2) is 0 Å². The molecule has 2 amide bonds. The van der Waals surface area contributed by atoms with Crippen LogP contribution < -0.4 is 5.32 Å². The van der Waals surface area contributed by atoms with Crippen molar-refractivity contribution in [2.75, 3.05) is 39.8 Å². The highest BCUT2D eigenvalue weighted by atomic mass is 79.9. The molecule has 0 unspecified atom stereocenters. The van der Waals surface area contributed by atoms with Crippen LogP contribution in [0.25, 0.3) is 0 Å². The lowest BCUT2D eigenvalue weighted by Crippen LogP contribution is -2.49. The maximum atomic E-state index is 12.3. The molecule has 0 spiro atoms. The third-order valence-corrected chi connectivity index (χ3v) is 4.59. The predicted molar refractivity (Wildman–Crippen MR) is 92.8 cm³/mol. The van der Waals surface area contributed by atoms with E-state index >= 15 is 0 Å². The molecule has 0 saturated carbocycles. The van der Waals surface area contributed by atoms with E-state index in [4.69, 9.17) is 11.6 Å². The van der Waals surface area contributed by atoms with Gasteiger partial charge in [0, 0.05) is 43.3 Å². The van der Waals surface area contributed by atoms with E-state index in [9.17, 15) is 9.59 Å². The molecule has 5 nitrogen and oxygen atoms in total. The van der Waals surface area contributed by atoms with Gasteiger partial charge < -0.3 is 15.1 Å². The van der Waals surface area contributed by atoms with Gasteiger partial charge in [0.1, 0.15) is 0 Å². The van der Waals surface area contributed by atoms with Crippen LogP contribution in [0.5, 0.6) is 0 Å². The Kier molecular flexibility index (Phi) is 7.62. The number of hydrogen-bond acceptors (Lipinski definition) is 3. The molecular formula is C14H18BrCl2N3O2. The molecule has 0 aliphatic carbocycles. The second kappa shape index (κ2) is 8.72. The second-order valence-corrected chi connectivity index (χ2v) is 6.18. The maximum Gasteiger partial charge on any atom is 0.254 e. The molecule has 1 heterocycles. The minimum atomic E-state index is -0.215. The van der Waals surface area contributed by atoms with Gasteiger partial charge in [0.2, 0.25) is 5.91 Å². The van der Waals surface area contributed by atoms with E-state index in [1.54, 1.807) is 30.1 Å². The van der Waals surface area contributed by atoms with Crippen LogP contribution >= 0.6 is 39.9 Å². The van der Waals surface area contributed by atoms with Gasteiger partial charge in [-0.05, 0) is 34.1 Å². The van der Waals surface area contributed by atoms with E-state index in [0.717, 1.165) is 17.6 Å². The molecule has 0 radical (unpaired) electrons. The number of carbonyl (C=O) groups excluding carboxylic acids is 2. The van der Waals surface area contributed by atoms with Crippen molar-refractivity contribution in [3.63, 3.8) is 0 Å². The van der Waals surface area contributed by atoms with Gasteiger partial charge in [-0.1, -0.05) is 11.6 Å². The molecular weight excluding hydrogens is 393 g/mol. The van der Waals surface area contributed by atoms with Crippen molar-refractivity contribution in [1.82, 2.24) is 15.1 Å². The zero-order valence-corrected chi connectivity index (χ0v) is 15.3. The van der Waals surface area contributed by atoms with Crippen molar-refractivity contribution in [3.8, 4) is 0 Å². The quantitative estimate of drug-likeness (QED) is 0.829. The van der Waals surface area contributed by atoms with Crippen molar-refractivity contribution in [2.24, 2.45) is 0 Å². The van der Waals surface area contributed by atoms with Crippen LogP contribution in [0.1, 0.15) is 10.4 Å². The van der Waals surface area contributed by atoms with Crippen molar-refractivity contribution in [3.05, 3.63) is 33.3 Å². The lowest BCUT2D eigenvalue weighted by Gasteiger charge is -2.29. The Morgan fingerprint density at radius 1 is 1.36 bits per heavy atom. The molecule has 2 rings (SSSR count). The SMILES string of the molecule is CN(CC(=O)N1CCNCC1)C(=O)c1ccc(Br)c(Cl)c1.Cl. The van der Waals surface area contributed by atoms with E-state index in [1.165, 1.54) is 4.90 Å².